The topological polar surface area (TPSA) is 55.0 Å². The Morgan fingerprint density at radius 1 is 0.862 bits per heavy atom. The summed E-state index contributed by atoms with van der Waals surface area (Å²) in [5.74, 6) is -3.23. The molecule has 0 saturated carbocycles. The monoisotopic (exact) mass is 402 g/mol. The van der Waals surface area contributed by atoms with E-state index < -0.39 is 29.4 Å². The van der Waals surface area contributed by atoms with Crippen molar-refractivity contribution >= 4 is 5.82 Å². The molecule has 1 aromatic heterocycles. The minimum Gasteiger partial charge on any atom is -0.354 e. The number of rotatable bonds is 3. The first-order valence-corrected chi connectivity index (χ1v) is 9.17. The molecule has 0 radical (unpaired) electrons. The van der Waals surface area contributed by atoms with Crippen LogP contribution in [0.2, 0.25) is 0 Å². The van der Waals surface area contributed by atoms with E-state index in [0.717, 1.165) is 11.6 Å². The van der Waals surface area contributed by atoms with Crippen molar-refractivity contribution < 1.29 is 17.6 Å². The lowest BCUT2D eigenvalue weighted by Crippen LogP contribution is -2.48. The van der Waals surface area contributed by atoms with Gasteiger partial charge in [-0.1, -0.05) is 0 Å². The molecule has 8 heteroatoms. The fourth-order valence-electron chi connectivity index (χ4n) is 3.67. The van der Waals surface area contributed by atoms with Crippen LogP contribution in [0.4, 0.5) is 23.4 Å². The summed E-state index contributed by atoms with van der Waals surface area (Å²) < 4.78 is 53.9. The first-order valence-electron chi connectivity index (χ1n) is 9.17. The van der Waals surface area contributed by atoms with Crippen LogP contribution in [-0.4, -0.2) is 29.3 Å². The summed E-state index contributed by atoms with van der Waals surface area (Å²) >= 11 is 0. The van der Waals surface area contributed by atoms with E-state index in [1.807, 2.05) is 4.90 Å². The zero-order valence-electron chi connectivity index (χ0n) is 15.3. The lowest BCUT2D eigenvalue weighted by Gasteiger charge is -2.37. The molecule has 1 fully saturated rings. The van der Waals surface area contributed by atoms with E-state index in [1.165, 1.54) is 12.1 Å². The van der Waals surface area contributed by atoms with Crippen LogP contribution in [0.3, 0.4) is 0 Å². The minimum absolute atomic E-state index is 0.0915. The van der Waals surface area contributed by atoms with Crippen LogP contribution in [0.15, 0.2) is 48.5 Å². The van der Waals surface area contributed by atoms with Gasteiger partial charge in [0, 0.05) is 36.7 Å². The van der Waals surface area contributed by atoms with Crippen LogP contribution in [0.1, 0.15) is 17.9 Å². The van der Waals surface area contributed by atoms with Crippen molar-refractivity contribution in [3.8, 4) is 11.3 Å². The van der Waals surface area contributed by atoms with Crippen LogP contribution in [0.25, 0.3) is 11.3 Å². The molecule has 29 heavy (non-hydrogen) atoms. The van der Waals surface area contributed by atoms with E-state index in [2.05, 4.69) is 10.2 Å². The van der Waals surface area contributed by atoms with Gasteiger partial charge >= 0.3 is 0 Å². The van der Waals surface area contributed by atoms with Crippen molar-refractivity contribution in [3.63, 3.8) is 0 Å². The van der Waals surface area contributed by atoms with E-state index in [1.54, 1.807) is 24.3 Å². The molecule has 4 rings (SSSR count). The van der Waals surface area contributed by atoms with Gasteiger partial charge in [0.15, 0.2) is 17.5 Å². The number of hydrogen-bond donors (Lipinski definition) is 1. The van der Waals surface area contributed by atoms with Crippen LogP contribution in [-0.2, 0) is 0 Å². The third kappa shape index (κ3) is 3.93. The number of halogens is 4. The zero-order valence-corrected chi connectivity index (χ0v) is 15.3. The molecule has 0 bridgehead atoms. The highest BCUT2D eigenvalue weighted by atomic mass is 19.2. The van der Waals surface area contributed by atoms with Crippen molar-refractivity contribution in [3.05, 3.63) is 77.4 Å². The van der Waals surface area contributed by atoms with E-state index in [-0.39, 0.29) is 11.4 Å². The van der Waals surface area contributed by atoms with Crippen molar-refractivity contribution in [2.24, 2.45) is 5.73 Å². The average molecular weight is 402 g/mol. The van der Waals surface area contributed by atoms with Gasteiger partial charge in [0.25, 0.3) is 0 Å². The molecule has 2 N–H and O–H groups in total. The SMILES string of the molecule is NC1CN(c2ccc(-c3ccc(F)cc3)nn2)CCC1c1cc(F)c(F)cc1F. The molecule has 1 aliphatic heterocycles. The number of anilines is 1. The molecule has 150 valence electrons. The van der Waals surface area contributed by atoms with Gasteiger partial charge in [-0.15, -0.1) is 10.2 Å². The third-order valence-electron chi connectivity index (χ3n) is 5.21. The van der Waals surface area contributed by atoms with Gasteiger partial charge in [-0.2, -0.15) is 0 Å². The van der Waals surface area contributed by atoms with Crippen LogP contribution >= 0.6 is 0 Å². The Bertz CT molecular complexity index is 1010. The maximum atomic E-state index is 14.1. The molecule has 2 aromatic carbocycles. The molecule has 1 aliphatic rings. The van der Waals surface area contributed by atoms with E-state index >= 15 is 0 Å². The predicted octanol–water partition coefficient (Wildman–Crippen LogP) is 4.02. The third-order valence-corrected chi connectivity index (χ3v) is 5.21. The van der Waals surface area contributed by atoms with E-state index in [4.69, 9.17) is 5.73 Å². The molecule has 4 nitrogen and oxygen atoms in total. The summed E-state index contributed by atoms with van der Waals surface area (Å²) in [6.07, 6.45) is 0.463. The molecular formula is C21H18F4N4. The highest BCUT2D eigenvalue weighted by molar-refractivity contribution is 5.59. The van der Waals surface area contributed by atoms with Gasteiger partial charge in [0.2, 0.25) is 0 Å². The number of nitrogens with two attached hydrogens (primary N) is 1. The molecule has 0 spiro atoms. The molecule has 1 saturated heterocycles. The maximum Gasteiger partial charge on any atom is 0.161 e. The second kappa shape index (κ2) is 7.79. The second-order valence-corrected chi connectivity index (χ2v) is 7.08. The Morgan fingerprint density at radius 3 is 2.24 bits per heavy atom. The molecule has 2 heterocycles. The smallest absolute Gasteiger partial charge is 0.161 e. The number of hydrogen-bond acceptors (Lipinski definition) is 4. The van der Waals surface area contributed by atoms with Gasteiger partial charge in [-0.25, -0.2) is 17.6 Å². The summed E-state index contributed by atoms with van der Waals surface area (Å²) in [6.45, 7) is 0.884. The van der Waals surface area contributed by atoms with Gasteiger partial charge in [0.05, 0.1) is 5.69 Å². The summed E-state index contributed by atoms with van der Waals surface area (Å²) in [7, 11) is 0. The lowest BCUT2D eigenvalue weighted by atomic mass is 9.85. The average Bonchev–Trinajstić information content (AvgIpc) is 2.72. The number of nitrogens with zero attached hydrogens (tertiary/aromatic N) is 3. The van der Waals surface area contributed by atoms with E-state index in [0.29, 0.717) is 37.1 Å². The Labute approximate surface area is 165 Å². The summed E-state index contributed by atoms with van der Waals surface area (Å²) in [5, 5.41) is 8.40. The fraction of sp³-hybridized carbons (Fsp3) is 0.238. The quantitative estimate of drug-likeness (QED) is 0.531. The first-order chi connectivity index (χ1) is 13.9. The summed E-state index contributed by atoms with van der Waals surface area (Å²) in [5.41, 5.74) is 7.67. The molecule has 3 aromatic rings. The van der Waals surface area contributed by atoms with Crippen molar-refractivity contribution in [2.45, 2.75) is 18.4 Å². The summed E-state index contributed by atoms with van der Waals surface area (Å²) in [4.78, 5) is 1.92. The fourth-order valence-corrected chi connectivity index (χ4v) is 3.67. The normalized spacial score (nSPS) is 19.4. The van der Waals surface area contributed by atoms with Crippen LogP contribution in [0.5, 0.6) is 0 Å². The standard InChI is InChI=1S/C21H18F4N4/c22-13-3-1-12(2-4-13)20-5-6-21(28-27-20)29-8-7-14(19(26)11-29)15-9-17(24)18(25)10-16(15)23/h1-6,9-10,14,19H,7-8,11,26H2. The number of aromatic nitrogens is 2. The Kier molecular flexibility index (Phi) is 5.19. The van der Waals surface area contributed by atoms with E-state index in [9.17, 15) is 17.6 Å². The van der Waals surface area contributed by atoms with Gasteiger partial charge in [-0.05, 0) is 54.4 Å². The van der Waals surface area contributed by atoms with Gasteiger partial charge in [-0.3, -0.25) is 0 Å². The van der Waals surface area contributed by atoms with Crippen molar-refractivity contribution in [2.75, 3.05) is 18.0 Å². The Hall–Kier alpha value is -3.00. The molecule has 2 atom stereocenters. The van der Waals surface area contributed by atoms with Gasteiger partial charge < -0.3 is 10.6 Å². The second-order valence-electron chi connectivity index (χ2n) is 7.08. The number of benzene rings is 2. The van der Waals surface area contributed by atoms with Crippen LogP contribution < -0.4 is 10.6 Å². The first kappa shape index (κ1) is 19.3. The Balaban J connectivity index is 1.48. The lowest BCUT2D eigenvalue weighted by molar-refractivity contribution is 0.415. The molecule has 0 aliphatic carbocycles. The highest BCUT2D eigenvalue weighted by Crippen LogP contribution is 2.32. The number of piperidine rings is 1. The minimum atomic E-state index is -1.21. The predicted molar refractivity (Wildman–Crippen MR) is 101 cm³/mol. The molecule has 0 amide bonds. The van der Waals surface area contributed by atoms with Crippen molar-refractivity contribution in [1.82, 2.24) is 10.2 Å². The molecule has 2 unspecified atom stereocenters. The summed E-state index contributed by atoms with van der Waals surface area (Å²) in [6, 6.07) is 10.5. The van der Waals surface area contributed by atoms with Gasteiger partial charge in [0.1, 0.15) is 11.6 Å². The molecular weight excluding hydrogens is 384 g/mol. The largest absolute Gasteiger partial charge is 0.354 e. The van der Waals surface area contributed by atoms with Crippen molar-refractivity contribution in [1.29, 1.82) is 0 Å². The zero-order chi connectivity index (χ0) is 20.5. The maximum absolute atomic E-state index is 14.1. The van der Waals surface area contributed by atoms with Crippen LogP contribution in [0, 0.1) is 23.3 Å². The Morgan fingerprint density at radius 2 is 1.59 bits per heavy atom. The highest BCUT2D eigenvalue weighted by Gasteiger charge is 2.31.